The summed E-state index contributed by atoms with van der Waals surface area (Å²) in [5.74, 6) is 0.155. The molecule has 0 saturated carbocycles. The van der Waals surface area contributed by atoms with Crippen molar-refractivity contribution in [1.82, 2.24) is 19.6 Å². The van der Waals surface area contributed by atoms with Crippen LogP contribution in [-0.4, -0.2) is 64.2 Å². The Balaban J connectivity index is 1.47. The van der Waals surface area contributed by atoms with Gasteiger partial charge in [-0.25, -0.2) is 4.79 Å². The van der Waals surface area contributed by atoms with Gasteiger partial charge in [0.05, 0.1) is 17.3 Å². The molecule has 0 aliphatic carbocycles. The number of carbonyl (C=O) groups is 2. The van der Waals surface area contributed by atoms with Crippen LogP contribution in [0.4, 0.5) is 10.5 Å². The normalized spacial score (nSPS) is 27.7. The molecule has 1 spiro atoms. The fourth-order valence-corrected chi connectivity index (χ4v) is 4.14. The third kappa shape index (κ3) is 2.29. The number of amides is 3. The van der Waals surface area contributed by atoms with E-state index in [4.69, 9.17) is 0 Å². The number of aryl methyl sites for hydroxylation is 1. The predicted octanol–water partition coefficient (Wildman–Crippen LogP) is 1.06. The van der Waals surface area contributed by atoms with Crippen molar-refractivity contribution in [3.63, 3.8) is 0 Å². The third-order valence-corrected chi connectivity index (χ3v) is 5.52. The molecule has 7 heteroatoms. The number of hydrogen-bond donors (Lipinski definition) is 0. The van der Waals surface area contributed by atoms with Crippen LogP contribution in [0.2, 0.25) is 0 Å². The molecule has 4 heterocycles. The van der Waals surface area contributed by atoms with E-state index in [1.807, 2.05) is 27.9 Å². The lowest BCUT2D eigenvalue weighted by atomic mass is 9.85. The van der Waals surface area contributed by atoms with E-state index in [0.717, 1.165) is 51.0 Å². The van der Waals surface area contributed by atoms with Gasteiger partial charge in [0.1, 0.15) is 0 Å². The maximum absolute atomic E-state index is 13.0. The van der Waals surface area contributed by atoms with Crippen molar-refractivity contribution in [3.05, 3.63) is 12.4 Å². The number of urea groups is 1. The third-order valence-electron chi connectivity index (χ3n) is 5.52. The van der Waals surface area contributed by atoms with Crippen LogP contribution in [-0.2, 0) is 11.8 Å². The van der Waals surface area contributed by atoms with Crippen LogP contribution in [0.1, 0.15) is 25.7 Å². The molecule has 1 aromatic rings. The fraction of sp³-hybridized carbons (Fsp3) is 0.688. The molecule has 124 valence electrons. The van der Waals surface area contributed by atoms with Gasteiger partial charge in [-0.3, -0.25) is 9.48 Å². The van der Waals surface area contributed by atoms with E-state index in [9.17, 15) is 9.59 Å². The first-order valence-corrected chi connectivity index (χ1v) is 8.44. The molecular weight excluding hydrogens is 294 g/mol. The first-order valence-electron chi connectivity index (χ1n) is 8.44. The monoisotopic (exact) mass is 317 g/mol. The van der Waals surface area contributed by atoms with E-state index in [1.54, 1.807) is 10.9 Å². The van der Waals surface area contributed by atoms with Crippen molar-refractivity contribution < 1.29 is 9.59 Å². The number of anilines is 1. The van der Waals surface area contributed by atoms with E-state index in [2.05, 4.69) is 5.10 Å². The molecule has 3 aliphatic rings. The molecular formula is C16H23N5O2. The second-order valence-electron chi connectivity index (χ2n) is 7.01. The Kier molecular flexibility index (Phi) is 3.32. The second kappa shape index (κ2) is 5.25. The number of nitrogens with zero attached hydrogens (tertiary/aromatic N) is 5. The summed E-state index contributed by atoms with van der Waals surface area (Å²) in [6.45, 7) is 3.70. The van der Waals surface area contributed by atoms with Crippen molar-refractivity contribution in [2.45, 2.75) is 25.7 Å². The molecule has 0 aromatic carbocycles. The minimum Gasteiger partial charge on any atom is -0.325 e. The Hall–Kier alpha value is -2.05. The van der Waals surface area contributed by atoms with E-state index in [1.165, 1.54) is 0 Å². The molecule has 1 atom stereocenters. The minimum atomic E-state index is -0.384. The number of rotatable bonds is 1. The quantitative estimate of drug-likeness (QED) is 0.778. The van der Waals surface area contributed by atoms with Gasteiger partial charge < -0.3 is 14.7 Å². The molecule has 3 amide bonds. The number of likely N-dealkylation sites (tertiary alicyclic amines) is 2. The number of hydrogen-bond acceptors (Lipinski definition) is 3. The molecule has 23 heavy (non-hydrogen) atoms. The molecule has 3 fully saturated rings. The van der Waals surface area contributed by atoms with Crippen LogP contribution in [0.15, 0.2) is 12.4 Å². The number of aromatic nitrogens is 2. The topological polar surface area (TPSA) is 61.7 Å². The largest absolute Gasteiger partial charge is 0.325 e. The smallest absolute Gasteiger partial charge is 0.320 e. The molecule has 1 aromatic heterocycles. The predicted molar refractivity (Wildman–Crippen MR) is 85.0 cm³/mol. The molecule has 3 aliphatic heterocycles. The Morgan fingerprint density at radius 2 is 1.87 bits per heavy atom. The summed E-state index contributed by atoms with van der Waals surface area (Å²) in [7, 11) is 1.85. The lowest BCUT2D eigenvalue weighted by molar-refractivity contribution is -0.124. The SMILES string of the molecule is Cn1cc(N2CCC3(CCN(C(=O)N4CCCC4)C3)C2=O)cn1. The molecule has 4 rings (SSSR count). The highest BCUT2D eigenvalue weighted by molar-refractivity contribution is 6.00. The second-order valence-corrected chi connectivity index (χ2v) is 7.01. The average molecular weight is 317 g/mol. The zero-order valence-electron chi connectivity index (χ0n) is 13.6. The van der Waals surface area contributed by atoms with Gasteiger partial charge in [-0.05, 0) is 25.7 Å². The maximum Gasteiger partial charge on any atom is 0.320 e. The lowest BCUT2D eigenvalue weighted by Gasteiger charge is -2.26. The highest BCUT2D eigenvalue weighted by atomic mass is 16.2. The highest BCUT2D eigenvalue weighted by Gasteiger charge is 2.52. The summed E-state index contributed by atoms with van der Waals surface area (Å²) in [6, 6.07) is 0.118. The summed E-state index contributed by atoms with van der Waals surface area (Å²) < 4.78 is 1.71. The summed E-state index contributed by atoms with van der Waals surface area (Å²) in [4.78, 5) is 31.2. The van der Waals surface area contributed by atoms with Gasteiger partial charge in [-0.1, -0.05) is 0 Å². The summed E-state index contributed by atoms with van der Waals surface area (Å²) >= 11 is 0. The highest BCUT2D eigenvalue weighted by Crippen LogP contribution is 2.42. The van der Waals surface area contributed by atoms with Gasteiger partial charge in [0.15, 0.2) is 0 Å². The molecule has 0 N–H and O–H groups in total. The zero-order chi connectivity index (χ0) is 16.0. The van der Waals surface area contributed by atoms with Crippen molar-refractivity contribution in [1.29, 1.82) is 0 Å². The Morgan fingerprint density at radius 3 is 2.57 bits per heavy atom. The fourth-order valence-electron chi connectivity index (χ4n) is 4.14. The average Bonchev–Trinajstić information content (AvgIpc) is 3.30. The lowest BCUT2D eigenvalue weighted by Crippen LogP contribution is -2.43. The van der Waals surface area contributed by atoms with Crippen LogP contribution < -0.4 is 4.90 Å². The van der Waals surface area contributed by atoms with Gasteiger partial charge in [0.25, 0.3) is 0 Å². The molecule has 7 nitrogen and oxygen atoms in total. The van der Waals surface area contributed by atoms with Gasteiger partial charge >= 0.3 is 6.03 Å². The maximum atomic E-state index is 13.0. The molecule has 1 unspecified atom stereocenters. The summed E-state index contributed by atoms with van der Waals surface area (Å²) in [5, 5.41) is 4.16. The Morgan fingerprint density at radius 1 is 1.13 bits per heavy atom. The van der Waals surface area contributed by atoms with E-state index in [0.29, 0.717) is 13.1 Å². The van der Waals surface area contributed by atoms with E-state index >= 15 is 0 Å². The van der Waals surface area contributed by atoms with Gasteiger partial charge in [0, 0.05) is 46.0 Å². The molecule has 0 radical (unpaired) electrons. The summed E-state index contributed by atoms with van der Waals surface area (Å²) in [6.07, 6.45) is 7.40. The number of carbonyl (C=O) groups excluding carboxylic acids is 2. The van der Waals surface area contributed by atoms with Crippen LogP contribution >= 0.6 is 0 Å². The standard InChI is InChI=1S/C16H23N5O2/c1-18-11-13(10-17-18)21-9-5-16(14(21)22)4-8-20(12-16)15(23)19-6-2-3-7-19/h10-11H,2-9,12H2,1H3. The van der Waals surface area contributed by atoms with Gasteiger partial charge in [-0.2, -0.15) is 5.10 Å². The van der Waals surface area contributed by atoms with Gasteiger partial charge in [-0.15, -0.1) is 0 Å². The molecule has 0 bridgehead atoms. The first kappa shape index (κ1) is 14.5. The van der Waals surface area contributed by atoms with Crippen molar-refractivity contribution in [3.8, 4) is 0 Å². The van der Waals surface area contributed by atoms with Crippen LogP contribution in [0, 0.1) is 5.41 Å². The van der Waals surface area contributed by atoms with Crippen LogP contribution in [0.25, 0.3) is 0 Å². The van der Waals surface area contributed by atoms with Crippen molar-refractivity contribution >= 4 is 17.6 Å². The van der Waals surface area contributed by atoms with Gasteiger partial charge in [0.2, 0.25) is 5.91 Å². The van der Waals surface area contributed by atoms with Crippen LogP contribution in [0.3, 0.4) is 0 Å². The van der Waals surface area contributed by atoms with Crippen LogP contribution in [0.5, 0.6) is 0 Å². The van der Waals surface area contributed by atoms with Crippen molar-refractivity contribution in [2.24, 2.45) is 12.5 Å². The summed E-state index contributed by atoms with van der Waals surface area (Å²) in [5.41, 5.74) is 0.476. The molecule has 3 saturated heterocycles. The van der Waals surface area contributed by atoms with E-state index < -0.39 is 0 Å². The zero-order valence-corrected chi connectivity index (χ0v) is 13.6. The Labute approximate surface area is 135 Å². The van der Waals surface area contributed by atoms with E-state index in [-0.39, 0.29) is 17.4 Å². The van der Waals surface area contributed by atoms with Crippen molar-refractivity contribution in [2.75, 3.05) is 37.6 Å². The Bertz CT molecular complexity index is 636. The minimum absolute atomic E-state index is 0.118. The first-order chi connectivity index (χ1) is 11.1.